The summed E-state index contributed by atoms with van der Waals surface area (Å²) in [6, 6.07) is -1.60. The van der Waals surface area contributed by atoms with E-state index in [2.05, 4.69) is 10.6 Å². The Hall–Kier alpha value is -1.67. The van der Waals surface area contributed by atoms with E-state index in [-0.39, 0.29) is 35.6 Å². The van der Waals surface area contributed by atoms with Crippen molar-refractivity contribution in [3.63, 3.8) is 0 Å². The van der Waals surface area contributed by atoms with Gasteiger partial charge >= 0.3 is 5.97 Å². The molecule has 0 heterocycles. The minimum absolute atomic E-state index is 0.0692. The summed E-state index contributed by atoms with van der Waals surface area (Å²) in [5, 5.41) is 15.8. The Morgan fingerprint density at radius 3 is 2.12 bits per heavy atom. The summed E-state index contributed by atoms with van der Waals surface area (Å²) in [4.78, 5) is 38.3. The van der Waals surface area contributed by atoms with Gasteiger partial charge in [0.2, 0.25) is 11.8 Å². The number of carbonyl (C=O) groups is 3. The molecule has 0 aromatic heterocycles. The van der Waals surface area contributed by atoms with E-state index in [0.29, 0.717) is 11.8 Å². The van der Waals surface area contributed by atoms with Crippen molar-refractivity contribution in [2.24, 2.45) is 35.3 Å². The molecule has 2 unspecified atom stereocenters. The van der Waals surface area contributed by atoms with Gasteiger partial charge in [-0.15, -0.1) is 0 Å². The second-order valence-electron chi connectivity index (χ2n) is 11.0. The Bertz CT molecular complexity index is 683. The van der Waals surface area contributed by atoms with Crippen LogP contribution >= 0.6 is 0 Å². The van der Waals surface area contributed by atoms with Gasteiger partial charge < -0.3 is 26.2 Å². The second-order valence-corrected chi connectivity index (χ2v) is 11.0. The fraction of sp³-hybridized carbons (Fsp3) is 0.885. The quantitative estimate of drug-likeness (QED) is 0.335. The molecule has 0 radical (unpaired) electrons. The number of ether oxygens (including phenoxy) is 1. The number of rotatable bonds is 11. The highest BCUT2D eigenvalue weighted by molar-refractivity contribution is 5.91. The first kappa shape index (κ1) is 28.6. The molecule has 0 saturated heterocycles. The van der Waals surface area contributed by atoms with Crippen LogP contribution in [0.1, 0.15) is 85.5 Å². The van der Waals surface area contributed by atoms with E-state index in [1.165, 1.54) is 7.11 Å². The summed E-state index contributed by atoms with van der Waals surface area (Å²) in [5.74, 6) is -0.591. The van der Waals surface area contributed by atoms with Crippen LogP contribution < -0.4 is 16.4 Å². The summed E-state index contributed by atoms with van der Waals surface area (Å²) in [7, 11) is 1.30. The fourth-order valence-electron chi connectivity index (χ4n) is 5.66. The van der Waals surface area contributed by atoms with Gasteiger partial charge in [-0.05, 0) is 62.2 Å². The molecule has 2 saturated carbocycles. The molecule has 0 spiro atoms. The third-order valence-corrected chi connectivity index (χ3v) is 7.88. The number of carbonyl (C=O) groups excluding carboxylic acids is 3. The smallest absolute Gasteiger partial charge is 0.328 e. The summed E-state index contributed by atoms with van der Waals surface area (Å²) >= 11 is 0. The summed E-state index contributed by atoms with van der Waals surface area (Å²) in [6.07, 6.45) is 8.33. The highest BCUT2D eigenvalue weighted by Gasteiger charge is 2.37. The predicted octanol–water partition coefficient (Wildman–Crippen LogP) is 2.52. The molecule has 0 bridgehead atoms. The van der Waals surface area contributed by atoms with Crippen LogP contribution in [0.25, 0.3) is 0 Å². The lowest BCUT2D eigenvalue weighted by atomic mass is 9.79. The number of nitrogens with one attached hydrogen (secondary N) is 2. The maximum atomic E-state index is 13.2. The van der Waals surface area contributed by atoms with Gasteiger partial charge in [0.1, 0.15) is 12.1 Å². The number of hydrogen-bond donors (Lipinski definition) is 4. The Morgan fingerprint density at radius 2 is 1.50 bits per heavy atom. The number of nitrogens with two attached hydrogens (primary N) is 1. The third-order valence-electron chi connectivity index (χ3n) is 7.88. The highest BCUT2D eigenvalue weighted by atomic mass is 16.5. The highest BCUT2D eigenvalue weighted by Crippen LogP contribution is 2.37. The van der Waals surface area contributed by atoms with Crippen LogP contribution in [0, 0.1) is 29.6 Å². The number of methoxy groups -OCH3 is 1. The van der Waals surface area contributed by atoms with Crippen molar-refractivity contribution in [3.8, 4) is 0 Å². The van der Waals surface area contributed by atoms with Crippen molar-refractivity contribution < 1.29 is 24.2 Å². The third kappa shape index (κ3) is 7.67. The molecular formula is C26H47N3O5. The standard InChI is InChI=1S/C26H47N3O5/c1-15(2)22(25(32)29-23(16(3)4)26(33)34-5)28-24(31)19-13-7-10-17(19)9-6-11-18-12-8-14-20(30)21(18)27/h15-23,30H,6-14,27H2,1-5H3,(H,28,31)(H,29,32)/t17?,18?,19-,20+,21+,22-,23+/m1/s1. The average Bonchev–Trinajstić information content (AvgIpc) is 3.26. The Kier molecular flexibility index (Phi) is 11.3. The lowest BCUT2D eigenvalue weighted by molar-refractivity contribution is -0.147. The molecule has 8 nitrogen and oxygen atoms in total. The monoisotopic (exact) mass is 481 g/mol. The van der Waals surface area contributed by atoms with E-state index < -0.39 is 24.2 Å². The van der Waals surface area contributed by atoms with Crippen molar-refractivity contribution in [1.82, 2.24) is 10.6 Å². The molecule has 2 amide bonds. The van der Waals surface area contributed by atoms with Crippen molar-refractivity contribution in [2.45, 2.75) is 110 Å². The normalized spacial score (nSPS) is 29.0. The van der Waals surface area contributed by atoms with E-state index in [4.69, 9.17) is 10.5 Å². The molecule has 8 heteroatoms. The number of esters is 1. The Balaban J connectivity index is 1.92. The van der Waals surface area contributed by atoms with E-state index in [0.717, 1.165) is 57.8 Å². The first-order chi connectivity index (χ1) is 16.1. The Morgan fingerprint density at radius 1 is 0.912 bits per heavy atom. The van der Waals surface area contributed by atoms with Crippen LogP contribution in [0.3, 0.4) is 0 Å². The summed E-state index contributed by atoms with van der Waals surface area (Å²) in [6.45, 7) is 7.46. The molecule has 7 atom stereocenters. The van der Waals surface area contributed by atoms with Gasteiger partial charge in [-0.25, -0.2) is 4.79 Å². The SMILES string of the molecule is COC(=O)[C@@H](NC(=O)[C@H](NC(=O)[C@@H]1CCCC1CCCC1CCC[C@H](O)[C@H]1N)C(C)C)C(C)C. The molecule has 0 aromatic carbocycles. The zero-order chi connectivity index (χ0) is 25.4. The van der Waals surface area contributed by atoms with Crippen LogP contribution in [0.4, 0.5) is 0 Å². The minimum atomic E-state index is -0.750. The zero-order valence-corrected chi connectivity index (χ0v) is 21.7. The van der Waals surface area contributed by atoms with Crippen molar-refractivity contribution in [3.05, 3.63) is 0 Å². The summed E-state index contributed by atoms with van der Waals surface area (Å²) in [5.41, 5.74) is 6.20. The van der Waals surface area contributed by atoms with Crippen LogP contribution in [-0.2, 0) is 19.1 Å². The first-order valence-corrected chi connectivity index (χ1v) is 13.2. The van der Waals surface area contributed by atoms with Crippen molar-refractivity contribution in [2.75, 3.05) is 7.11 Å². The lowest BCUT2D eigenvalue weighted by Gasteiger charge is -2.33. The molecule has 2 rings (SSSR count). The van der Waals surface area contributed by atoms with Crippen LogP contribution in [0.2, 0.25) is 0 Å². The van der Waals surface area contributed by atoms with Gasteiger partial charge in [0.15, 0.2) is 0 Å². The van der Waals surface area contributed by atoms with Gasteiger partial charge in [0.05, 0.1) is 13.2 Å². The van der Waals surface area contributed by atoms with Gasteiger partial charge in [0, 0.05) is 12.0 Å². The number of hydrogen-bond acceptors (Lipinski definition) is 6. The molecule has 2 aliphatic carbocycles. The molecule has 34 heavy (non-hydrogen) atoms. The average molecular weight is 482 g/mol. The summed E-state index contributed by atoms with van der Waals surface area (Å²) < 4.78 is 4.82. The van der Waals surface area contributed by atoms with E-state index in [9.17, 15) is 19.5 Å². The van der Waals surface area contributed by atoms with Crippen LogP contribution in [0.15, 0.2) is 0 Å². The topological polar surface area (TPSA) is 131 Å². The largest absolute Gasteiger partial charge is 0.467 e. The molecule has 0 aromatic rings. The fourth-order valence-corrected chi connectivity index (χ4v) is 5.66. The van der Waals surface area contributed by atoms with E-state index >= 15 is 0 Å². The van der Waals surface area contributed by atoms with E-state index in [1.807, 2.05) is 27.7 Å². The van der Waals surface area contributed by atoms with Gasteiger partial charge in [-0.2, -0.15) is 0 Å². The number of aliphatic hydroxyl groups is 1. The van der Waals surface area contributed by atoms with Gasteiger partial charge in [-0.3, -0.25) is 9.59 Å². The van der Waals surface area contributed by atoms with Gasteiger partial charge in [-0.1, -0.05) is 47.0 Å². The Labute approximate surface area is 205 Å². The van der Waals surface area contributed by atoms with Crippen LogP contribution in [-0.4, -0.2) is 54.2 Å². The van der Waals surface area contributed by atoms with Crippen molar-refractivity contribution >= 4 is 17.8 Å². The molecule has 5 N–H and O–H groups in total. The predicted molar refractivity (Wildman–Crippen MR) is 132 cm³/mol. The molecule has 0 aliphatic heterocycles. The van der Waals surface area contributed by atoms with Crippen LogP contribution in [0.5, 0.6) is 0 Å². The van der Waals surface area contributed by atoms with E-state index in [1.54, 1.807) is 0 Å². The number of aliphatic hydroxyl groups excluding tert-OH is 1. The van der Waals surface area contributed by atoms with Gasteiger partial charge in [0.25, 0.3) is 0 Å². The van der Waals surface area contributed by atoms with Crippen molar-refractivity contribution in [1.29, 1.82) is 0 Å². The molecule has 2 fully saturated rings. The zero-order valence-electron chi connectivity index (χ0n) is 21.7. The first-order valence-electron chi connectivity index (χ1n) is 13.2. The lowest BCUT2D eigenvalue weighted by Crippen LogP contribution is -2.56. The molecule has 2 aliphatic rings. The second kappa shape index (κ2) is 13.4. The number of amides is 2. The molecule has 196 valence electrons. The molecular weight excluding hydrogens is 434 g/mol. The minimum Gasteiger partial charge on any atom is -0.467 e. The maximum Gasteiger partial charge on any atom is 0.328 e. The maximum absolute atomic E-state index is 13.2.